The third kappa shape index (κ3) is 7.19. The van der Waals surface area contributed by atoms with Gasteiger partial charge in [0.2, 0.25) is 0 Å². The smallest absolute Gasteiger partial charge is 0.296 e. The van der Waals surface area contributed by atoms with E-state index < -0.39 is 40.9 Å². The number of para-hydroxylation sites is 1. The first-order chi connectivity index (χ1) is 22.4. The number of nitrogens with one attached hydrogen (secondary N) is 2. The Morgan fingerprint density at radius 1 is 0.562 bits per heavy atom. The molecular formula is C32H29N3O10S3. The molecule has 0 aromatic heterocycles. The van der Waals surface area contributed by atoms with Gasteiger partial charge >= 0.3 is 0 Å². The molecule has 0 radical (unpaired) electrons. The van der Waals surface area contributed by atoms with E-state index >= 15 is 0 Å². The lowest BCUT2D eigenvalue weighted by molar-refractivity contribution is 0.125. The van der Waals surface area contributed by atoms with Crippen molar-refractivity contribution in [1.29, 1.82) is 0 Å². The van der Waals surface area contributed by atoms with Crippen LogP contribution in [0.4, 0.5) is 28.4 Å². The zero-order chi connectivity index (χ0) is 35.1. The van der Waals surface area contributed by atoms with Gasteiger partial charge in [-0.15, -0.1) is 0 Å². The Kier molecular flexibility index (Phi) is 9.11. The topological polar surface area (TPSA) is 233 Å². The maximum atomic E-state index is 12.5. The van der Waals surface area contributed by atoms with Gasteiger partial charge in [0, 0.05) is 17.1 Å². The molecule has 0 fully saturated rings. The van der Waals surface area contributed by atoms with Gasteiger partial charge in [-0.05, 0) is 89.8 Å². The lowest BCUT2D eigenvalue weighted by Crippen LogP contribution is -2.29. The van der Waals surface area contributed by atoms with E-state index in [0.717, 1.165) is 6.07 Å². The molecule has 5 aromatic rings. The summed E-state index contributed by atoms with van der Waals surface area (Å²) in [6.45, 7) is 1.52. The Balaban J connectivity index is 1.59. The molecule has 13 nitrogen and oxygen atoms in total. The van der Waals surface area contributed by atoms with Crippen molar-refractivity contribution in [3.8, 4) is 0 Å². The van der Waals surface area contributed by atoms with Gasteiger partial charge in [0.25, 0.3) is 30.4 Å². The van der Waals surface area contributed by atoms with Crippen molar-refractivity contribution in [2.24, 2.45) is 0 Å². The molecule has 0 bridgehead atoms. The monoisotopic (exact) mass is 711 g/mol. The quantitative estimate of drug-likeness (QED) is 0.0569. The molecule has 250 valence electrons. The Morgan fingerprint density at radius 3 is 1.65 bits per heavy atom. The van der Waals surface area contributed by atoms with Gasteiger partial charge < -0.3 is 21.5 Å². The number of anilines is 5. The van der Waals surface area contributed by atoms with E-state index in [1.807, 2.05) is 0 Å². The molecule has 0 heterocycles. The molecule has 0 aliphatic carbocycles. The van der Waals surface area contributed by atoms with Crippen LogP contribution in [-0.2, 0) is 36.0 Å². The van der Waals surface area contributed by atoms with Gasteiger partial charge in [-0.3, -0.25) is 13.7 Å². The summed E-state index contributed by atoms with van der Waals surface area (Å²) in [5.74, 6) is 0. The van der Waals surface area contributed by atoms with Crippen LogP contribution in [0, 0.1) is 6.92 Å². The Hall–Kier alpha value is -4.81. The highest BCUT2D eigenvalue weighted by atomic mass is 32.2. The minimum atomic E-state index is -4.80. The molecule has 0 saturated carbocycles. The van der Waals surface area contributed by atoms with Gasteiger partial charge in [-0.2, -0.15) is 25.3 Å². The molecule has 0 spiro atoms. The number of hydrogen-bond acceptors (Lipinski definition) is 10. The summed E-state index contributed by atoms with van der Waals surface area (Å²) in [6.07, 6.45) is 0. The van der Waals surface area contributed by atoms with Gasteiger partial charge in [0.15, 0.2) is 0 Å². The minimum Gasteiger partial charge on any atom is -0.397 e. The second-order valence-electron chi connectivity index (χ2n) is 10.8. The van der Waals surface area contributed by atoms with Crippen LogP contribution in [0.15, 0.2) is 124 Å². The maximum absolute atomic E-state index is 12.5. The van der Waals surface area contributed by atoms with Gasteiger partial charge in [0.1, 0.15) is 15.4 Å². The van der Waals surface area contributed by atoms with Crippen LogP contribution >= 0.6 is 0 Å². The zero-order valence-electron chi connectivity index (χ0n) is 24.9. The molecular weight excluding hydrogens is 683 g/mol. The summed E-state index contributed by atoms with van der Waals surface area (Å²) in [5.41, 5.74) is 5.82. The first-order valence-electron chi connectivity index (χ1n) is 13.9. The fourth-order valence-electron chi connectivity index (χ4n) is 5.13. The number of nitrogen functional groups attached to an aromatic ring is 1. The third-order valence-corrected chi connectivity index (χ3v) is 10.2. The van der Waals surface area contributed by atoms with Crippen molar-refractivity contribution in [3.05, 3.63) is 131 Å². The number of aliphatic hydroxyl groups is 1. The van der Waals surface area contributed by atoms with E-state index in [9.17, 15) is 44.0 Å². The van der Waals surface area contributed by atoms with E-state index in [1.54, 1.807) is 36.4 Å². The minimum absolute atomic E-state index is 0.0424. The van der Waals surface area contributed by atoms with Crippen molar-refractivity contribution < 1.29 is 44.0 Å². The van der Waals surface area contributed by atoms with E-state index in [2.05, 4.69) is 10.6 Å². The number of hydrogen-bond donors (Lipinski definition) is 7. The van der Waals surface area contributed by atoms with Gasteiger partial charge in [-0.25, -0.2) is 0 Å². The maximum Gasteiger partial charge on any atom is 0.296 e. The van der Waals surface area contributed by atoms with Gasteiger partial charge in [0.05, 0.1) is 16.3 Å². The molecule has 0 aliphatic rings. The molecule has 48 heavy (non-hydrogen) atoms. The molecule has 5 aromatic carbocycles. The second-order valence-corrected chi connectivity index (χ2v) is 15.0. The Bertz CT molecular complexity index is 2350. The highest BCUT2D eigenvalue weighted by Crippen LogP contribution is 2.41. The van der Waals surface area contributed by atoms with Crippen molar-refractivity contribution in [1.82, 2.24) is 0 Å². The number of rotatable bonds is 10. The van der Waals surface area contributed by atoms with Crippen molar-refractivity contribution in [2.75, 3.05) is 16.4 Å². The largest absolute Gasteiger partial charge is 0.397 e. The number of benzene rings is 5. The molecule has 1 atom stereocenters. The Morgan fingerprint density at radius 2 is 1.10 bits per heavy atom. The third-order valence-electron chi connectivity index (χ3n) is 7.51. The fraction of sp³-hybridized carbons (Fsp3) is 0.0625. The molecule has 5 rings (SSSR count). The summed E-state index contributed by atoms with van der Waals surface area (Å²) < 4.78 is 100. The summed E-state index contributed by atoms with van der Waals surface area (Å²) in [5, 5.41) is 18.4. The van der Waals surface area contributed by atoms with E-state index in [0.29, 0.717) is 17.1 Å². The predicted octanol–water partition coefficient (Wildman–Crippen LogP) is 5.09. The average molecular weight is 712 g/mol. The predicted molar refractivity (Wildman–Crippen MR) is 179 cm³/mol. The van der Waals surface area contributed by atoms with Crippen molar-refractivity contribution in [2.45, 2.75) is 27.2 Å². The fourth-order valence-corrected chi connectivity index (χ4v) is 7.02. The van der Waals surface area contributed by atoms with Crippen molar-refractivity contribution in [3.63, 3.8) is 0 Å². The molecule has 0 aliphatic heterocycles. The van der Waals surface area contributed by atoms with Crippen LogP contribution in [0.1, 0.15) is 22.3 Å². The highest BCUT2D eigenvalue weighted by Gasteiger charge is 2.36. The summed E-state index contributed by atoms with van der Waals surface area (Å²) in [4.78, 5) is -1.27. The Labute approximate surface area is 277 Å². The number of nitrogens with two attached hydrogens (primary N) is 1. The van der Waals surface area contributed by atoms with E-state index in [4.69, 9.17) is 5.73 Å². The van der Waals surface area contributed by atoms with Crippen LogP contribution in [-0.4, -0.2) is 44.0 Å². The molecule has 0 amide bonds. The van der Waals surface area contributed by atoms with Crippen molar-refractivity contribution >= 4 is 58.8 Å². The zero-order valence-corrected chi connectivity index (χ0v) is 27.4. The van der Waals surface area contributed by atoms with Gasteiger partial charge in [-0.1, -0.05) is 48.5 Å². The highest BCUT2D eigenvalue weighted by molar-refractivity contribution is 7.86. The molecule has 0 saturated heterocycles. The summed E-state index contributed by atoms with van der Waals surface area (Å²) >= 11 is 0. The van der Waals surface area contributed by atoms with Crippen LogP contribution in [0.5, 0.6) is 0 Å². The molecule has 8 N–H and O–H groups in total. The lowest BCUT2D eigenvalue weighted by atomic mass is 9.79. The first-order valence-corrected chi connectivity index (χ1v) is 18.2. The number of aryl methyl sites for hydroxylation is 1. The average Bonchev–Trinajstić information content (AvgIpc) is 3.01. The SMILES string of the molecule is Cc1cc(C(O)(c2ccc(Nc3cccc(S(=O)(=O)O)c3)cc2)c2ccc(Nc3ccccc3S(=O)(=O)O)cc2)cc(S(=O)(=O)O)c1N. The van der Waals surface area contributed by atoms with Crippen LogP contribution in [0.3, 0.4) is 0 Å². The summed E-state index contributed by atoms with van der Waals surface area (Å²) in [7, 11) is -13.8. The standard InChI is InChI=1S/C32H29N3O10S3/c1-20-17-23(18-30(31(20)33)48(43,44)45)32(36,21-9-13-24(14-10-21)34-26-5-4-6-27(19-26)46(37,38)39)22-11-15-25(16-12-22)35-28-7-2-3-8-29(28)47(40,41)42/h2-19,34-36H,33H2,1H3,(H,37,38,39)(H,40,41,42)(H,43,44,45). The van der Waals surface area contributed by atoms with E-state index in [-0.39, 0.29) is 43.4 Å². The molecule has 16 heteroatoms. The van der Waals surface area contributed by atoms with Crippen LogP contribution in [0.2, 0.25) is 0 Å². The molecule has 1 unspecified atom stereocenters. The lowest BCUT2D eigenvalue weighted by Gasteiger charge is -2.31. The van der Waals surface area contributed by atoms with E-state index in [1.165, 1.54) is 73.7 Å². The first kappa shape index (κ1) is 34.5. The van der Waals surface area contributed by atoms with Crippen LogP contribution < -0.4 is 16.4 Å². The normalized spacial score (nSPS) is 13.4. The second kappa shape index (κ2) is 12.7. The summed E-state index contributed by atoms with van der Waals surface area (Å²) in [6, 6.07) is 26.1. The van der Waals surface area contributed by atoms with Crippen LogP contribution in [0.25, 0.3) is 0 Å².